The molecule has 0 amide bonds. The zero-order valence-electron chi connectivity index (χ0n) is 10.7. The van der Waals surface area contributed by atoms with Crippen LogP contribution in [0.1, 0.15) is 11.1 Å². The van der Waals surface area contributed by atoms with Crippen LogP contribution < -0.4 is 15.8 Å². The average molecular weight is 244 g/mol. The molecule has 0 saturated heterocycles. The molecule has 2 rings (SSSR count). The largest absolute Gasteiger partial charge is 0.479 e. The molecule has 1 aromatic heterocycles. The molecule has 0 saturated carbocycles. The fourth-order valence-corrected chi connectivity index (χ4v) is 1.66. The molecular formula is C13H16N4O. The van der Waals surface area contributed by atoms with Crippen LogP contribution in [0.2, 0.25) is 0 Å². The van der Waals surface area contributed by atoms with Crippen molar-refractivity contribution < 1.29 is 4.74 Å². The number of nitrogens with zero attached hydrogens (tertiary/aromatic N) is 2. The van der Waals surface area contributed by atoms with Crippen LogP contribution in [0.15, 0.2) is 24.5 Å². The number of nitrogens with two attached hydrogens (primary N) is 1. The molecule has 0 aliphatic carbocycles. The van der Waals surface area contributed by atoms with Crippen LogP contribution in [-0.4, -0.2) is 17.1 Å². The van der Waals surface area contributed by atoms with Crippen LogP contribution in [0, 0.1) is 13.8 Å². The summed E-state index contributed by atoms with van der Waals surface area (Å²) in [6.07, 6.45) is 1.42. The van der Waals surface area contributed by atoms with Gasteiger partial charge in [0.05, 0.1) is 7.11 Å². The van der Waals surface area contributed by atoms with Gasteiger partial charge in [0.25, 0.3) is 0 Å². The van der Waals surface area contributed by atoms with Crippen LogP contribution in [-0.2, 0) is 0 Å². The van der Waals surface area contributed by atoms with Crippen molar-refractivity contribution in [2.75, 3.05) is 18.2 Å². The lowest BCUT2D eigenvalue weighted by Crippen LogP contribution is -2.04. The molecule has 2 aromatic rings. The number of methoxy groups -OCH3 is 1. The van der Waals surface area contributed by atoms with E-state index in [1.54, 1.807) is 0 Å². The molecule has 0 fully saturated rings. The van der Waals surface area contributed by atoms with Gasteiger partial charge in [-0.25, -0.2) is 4.98 Å². The monoisotopic (exact) mass is 244 g/mol. The predicted molar refractivity (Wildman–Crippen MR) is 72.2 cm³/mol. The molecule has 18 heavy (non-hydrogen) atoms. The third kappa shape index (κ3) is 2.20. The van der Waals surface area contributed by atoms with Gasteiger partial charge in [0.15, 0.2) is 5.82 Å². The predicted octanol–water partition coefficient (Wildman–Crippen LogP) is 2.43. The van der Waals surface area contributed by atoms with Gasteiger partial charge >= 0.3 is 0 Å². The summed E-state index contributed by atoms with van der Waals surface area (Å²) in [4.78, 5) is 8.07. The number of ether oxygens (including phenoxy) is 1. The Morgan fingerprint density at radius 1 is 1.22 bits per heavy atom. The van der Waals surface area contributed by atoms with Crippen LogP contribution in [0.3, 0.4) is 0 Å². The highest BCUT2D eigenvalue weighted by Crippen LogP contribution is 2.28. The van der Waals surface area contributed by atoms with E-state index in [0.717, 1.165) is 11.3 Å². The molecule has 0 aliphatic rings. The quantitative estimate of drug-likeness (QED) is 0.867. The Morgan fingerprint density at radius 2 is 2.00 bits per heavy atom. The molecule has 0 unspecified atom stereocenters. The Labute approximate surface area is 106 Å². The standard InChI is InChI=1S/C13H16N4O/c1-8-5-4-6-10(9(8)2)17-12-11(14)13(18-3)16-7-15-12/h4-7H,14H2,1-3H3,(H,15,16,17). The first-order valence-electron chi connectivity index (χ1n) is 5.61. The summed E-state index contributed by atoms with van der Waals surface area (Å²) in [5.41, 5.74) is 9.66. The molecule has 0 atom stereocenters. The summed E-state index contributed by atoms with van der Waals surface area (Å²) in [5.74, 6) is 0.924. The maximum atomic E-state index is 5.92. The minimum atomic E-state index is 0.373. The van der Waals surface area contributed by atoms with E-state index in [1.807, 2.05) is 19.1 Å². The molecular weight excluding hydrogens is 228 g/mol. The summed E-state index contributed by atoms with van der Waals surface area (Å²) >= 11 is 0. The van der Waals surface area contributed by atoms with Crippen LogP contribution in [0.4, 0.5) is 17.2 Å². The molecule has 0 radical (unpaired) electrons. The molecule has 3 N–H and O–H groups in total. The van der Waals surface area contributed by atoms with Crippen molar-refractivity contribution >= 4 is 17.2 Å². The molecule has 0 spiro atoms. The van der Waals surface area contributed by atoms with E-state index >= 15 is 0 Å². The molecule has 1 aromatic carbocycles. The number of anilines is 3. The van der Waals surface area contributed by atoms with Gasteiger partial charge in [-0.05, 0) is 31.0 Å². The second-order valence-electron chi connectivity index (χ2n) is 4.02. The molecule has 0 bridgehead atoms. The number of aromatic nitrogens is 2. The second-order valence-corrected chi connectivity index (χ2v) is 4.02. The lowest BCUT2D eigenvalue weighted by atomic mass is 10.1. The first-order chi connectivity index (χ1) is 8.63. The first-order valence-corrected chi connectivity index (χ1v) is 5.61. The zero-order chi connectivity index (χ0) is 13.1. The average Bonchev–Trinajstić information content (AvgIpc) is 2.37. The van der Waals surface area contributed by atoms with Gasteiger partial charge in [0, 0.05) is 5.69 Å². The van der Waals surface area contributed by atoms with Gasteiger partial charge in [-0.2, -0.15) is 4.98 Å². The van der Waals surface area contributed by atoms with Crippen molar-refractivity contribution in [3.8, 4) is 5.88 Å². The summed E-state index contributed by atoms with van der Waals surface area (Å²) in [5, 5.41) is 3.20. The number of aryl methyl sites for hydroxylation is 1. The highest BCUT2D eigenvalue weighted by Gasteiger charge is 2.09. The van der Waals surface area contributed by atoms with Crippen molar-refractivity contribution in [3.63, 3.8) is 0 Å². The Hall–Kier alpha value is -2.30. The molecule has 0 aliphatic heterocycles. The fourth-order valence-electron chi connectivity index (χ4n) is 1.66. The lowest BCUT2D eigenvalue weighted by Gasteiger charge is -2.13. The highest BCUT2D eigenvalue weighted by molar-refractivity contribution is 5.73. The van der Waals surface area contributed by atoms with Gasteiger partial charge < -0.3 is 15.8 Å². The summed E-state index contributed by atoms with van der Waals surface area (Å²) in [7, 11) is 1.53. The Kier molecular flexibility index (Phi) is 3.32. The van der Waals surface area contributed by atoms with E-state index in [0.29, 0.717) is 17.4 Å². The molecule has 5 heteroatoms. The first kappa shape index (κ1) is 12.2. The maximum Gasteiger partial charge on any atom is 0.242 e. The van der Waals surface area contributed by atoms with E-state index in [2.05, 4.69) is 28.3 Å². The summed E-state index contributed by atoms with van der Waals surface area (Å²) in [6, 6.07) is 6.03. The highest BCUT2D eigenvalue weighted by atomic mass is 16.5. The van der Waals surface area contributed by atoms with Gasteiger partial charge in [0.1, 0.15) is 12.0 Å². The van der Waals surface area contributed by atoms with Crippen molar-refractivity contribution in [1.82, 2.24) is 9.97 Å². The van der Waals surface area contributed by atoms with Crippen molar-refractivity contribution in [2.24, 2.45) is 0 Å². The number of hydrogen-bond donors (Lipinski definition) is 2. The SMILES string of the molecule is COc1ncnc(Nc2cccc(C)c2C)c1N. The third-order valence-electron chi connectivity index (χ3n) is 2.90. The van der Waals surface area contributed by atoms with Gasteiger partial charge in [-0.1, -0.05) is 12.1 Å². The van der Waals surface area contributed by atoms with E-state index in [9.17, 15) is 0 Å². The smallest absolute Gasteiger partial charge is 0.242 e. The molecule has 94 valence electrons. The van der Waals surface area contributed by atoms with E-state index in [-0.39, 0.29) is 0 Å². The van der Waals surface area contributed by atoms with E-state index in [4.69, 9.17) is 10.5 Å². The number of nitrogen functional groups attached to an aromatic ring is 1. The lowest BCUT2D eigenvalue weighted by molar-refractivity contribution is 0.399. The second kappa shape index (κ2) is 4.91. The zero-order valence-corrected chi connectivity index (χ0v) is 10.7. The summed E-state index contributed by atoms with van der Waals surface area (Å²) < 4.78 is 5.06. The van der Waals surface area contributed by atoms with Crippen molar-refractivity contribution in [1.29, 1.82) is 0 Å². The Bertz CT molecular complexity index is 569. The van der Waals surface area contributed by atoms with Crippen molar-refractivity contribution in [3.05, 3.63) is 35.7 Å². The van der Waals surface area contributed by atoms with E-state index in [1.165, 1.54) is 19.0 Å². The van der Waals surface area contributed by atoms with Gasteiger partial charge in [0.2, 0.25) is 5.88 Å². The van der Waals surface area contributed by atoms with Crippen molar-refractivity contribution in [2.45, 2.75) is 13.8 Å². The maximum absolute atomic E-state index is 5.92. The molecule has 5 nitrogen and oxygen atoms in total. The van der Waals surface area contributed by atoms with Gasteiger partial charge in [-0.15, -0.1) is 0 Å². The minimum Gasteiger partial charge on any atom is -0.479 e. The number of rotatable bonds is 3. The number of hydrogen-bond acceptors (Lipinski definition) is 5. The Balaban J connectivity index is 2.37. The normalized spacial score (nSPS) is 10.2. The van der Waals surface area contributed by atoms with Crippen LogP contribution >= 0.6 is 0 Å². The number of nitrogens with one attached hydrogen (secondary N) is 1. The Morgan fingerprint density at radius 3 is 2.72 bits per heavy atom. The summed E-state index contributed by atoms with van der Waals surface area (Å²) in [6.45, 7) is 4.11. The van der Waals surface area contributed by atoms with E-state index < -0.39 is 0 Å². The fraction of sp³-hybridized carbons (Fsp3) is 0.231. The minimum absolute atomic E-state index is 0.373. The topological polar surface area (TPSA) is 73.1 Å². The molecule has 1 heterocycles. The van der Waals surface area contributed by atoms with Crippen LogP contribution in [0.5, 0.6) is 5.88 Å². The van der Waals surface area contributed by atoms with Gasteiger partial charge in [-0.3, -0.25) is 0 Å². The third-order valence-corrected chi connectivity index (χ3v) is 2.90. The number of benzene rings is 1. The van der Waals surface area contributed by atoms with Crippen LogP contribution in [0.25, 0.3) is 0 Å².